The van der Waals surface area contributed by atoms with Crippen molar-refractivity contribution in [3.63, 3.8) is 0 Å². The Hall–Kier alpha value is -0.780. The fourth-order valence-electron chi connectivity index (χ4n) is 4.77. The molecule has 0 amide bonds. The molecule has 0 fully saturated rings. The van der Waals surface area contributed by atoms with Gasteiger partial charge in [0, 0.05) is 11.1 Å². The van der Waals surface area contributed by atoms with Crippen molar-refractivity contribution in [1.82, 2.24) is 0 Å². The van der Waals surface area contributed by atoms with Crippen LogP contribution in [-0.4, -0.2) is 0 Å². The van der Waals surface area contributed by atoms with E-state index in [1.54, 1.807) is 22.3 Å². The number of hydrogen-bond donors (Lipinski definition) is 0. The molecule has 0 spiro atoms. The van der Waals surface area contributed by atoms with Gasteiger partial charge in [-0.3, -0.25) is 0 Å². The van der Waals surface area contributed by atoms with Crippen molar-refractivity contribution in [2.24, 2.45) is 0 Å². The standard InChI is InChI=1S/C32H52S2/c1-3-5-7-9-11-13-15-17-19-21-23-29-25-31(33-27-29)32-26-30(28-34-32)24-22-20-18-16-14-12-10-8-6-4-2/h25-26H,3-24H2,1-2H3. The Balaban J connectivity index is 1.51. The molecule has 2 rings (SSSR count). The topological polar surface area (TPSA) is 0 Å². The van der Waals surface area contributed by atoms with Gasteiger partial charge in [-0.25, -0.2) is 0 Å². The molecule has 0 radical (unpaired) electrons. The fraction of sp³-hybridized carbons (Fsp3) is 0.750. The van der Waals surface area contributed by atoms with Crippen LogP contribution in [0.25, 0.3) is 0 Å². The SMILES string of the molecule is CCCCCCCCCCCCC1=CC(=C2C=C(CCCCCCCCCCCC)C#S2)S#C1. The van der Waals surface area contributed by atoms with Crippen LogP contribution < -0.4 is 0 Å². The van der Waals surface area contributed by atoms with Gasteiger partial charge in [-0.1, -0.05) is 162 Å². The van der Waals surface area contributed by atoms with Crippen molar-refractivity contribution >= 4 is 22.3 Å². The lowest BCUT2D eigenvalue weighted by atomic mass is 10.0. The Morgan fingerprint density at radius 3 is 1.06 bits per heavy atom. The Kier molecular flexibility index (Phi) is 17.7. The first kappa shape index (κ1) is 29.5. The molecule has 0 saturated heterocycles. The molecule has 2 heteroatoms. The van der Waals surface area contributed by atoms with Crippen molar-refractivity contribution in [2.45, 2.75) is 155 Å². The smallest absolute Gasteiger partial charge is 0.0542 e. The summed E-state index contributed by atoms with van der Waals surface area (Å²) in [6.45, 7) is 4.59. The molecule has 192 valence electrons. The summed E-state index contributed by atoms with van der Waals surface area (Å²) >= 11 is 3.61. The van der Waals surface area contributed by atoms with Gasteiger partial charge in [-0.05, 0) is 37.8 Å². The van der Waals surface area contributed by atoms with Gasteiger partial charge >= 0.3 is 0 Å². The maximum absolute atomic E-state index is 3.57. The second kappa shape index (κ2) is 20.4. The van der Waals surface area contributed by atoms with Crippen molar-refractivity contribution in [1.29, 1.82) is 0 Å². The van der Waals surface area contributed by atoms with E-state index in [9.17, 15) is 0 Å². The molecule has 0 saturated carbocycles. The van der Waals surface area contributed by atoms with Crippen LogP contribution in [0.1, 0.15) is 155 Å². The van der Waals surface area contributed by atoms with Gasteiger partial charge in [-0.2, -0.15) is 0 Å². The summed E-state index contributed by atoms with van der Waals surface area (Å²) in [6, 6.07) is 0. The van der Waals surface area contributed by atoms with Crippen molar-refractivity contribution in [3.8, 4) is 10.4 Å². The molecule has 0 aromatic carbocycles. The van der Waals surface area contributed by atoms with Gasteiger partial charge in [0.15, 0.2) is 0 Å². The molecule has 0 aromatic rings. The average Bonchev–Trinajstić information content (AvgIpc) is 3.51. The molecule has 0 aromatic heterocycles. The molecule has 2 heterocycles. The summed E-state index contributed by atoms with van der Waals surface area (Å²) in [4.78, 5) is 2.80. The molecule has 0 aliphatic carbocycles. The molecule has 0 bridgehead atoms. The maximum Gasteiger partial charge on any atom is 0.0542 e. The zero-order chi connectivity index (χ0) is 24.1. The van der Waals surface area contributed by atoms with Crippen LogP contribution >= 0.6 is 22.3 Å². The molecule has 0 unspecified atom stereocenters. The Morgan fingerprint density at radius 2 is 0.735 bits per heavy atom. The minimum absolute atomic E-state index is 1.20. The zero-order valence-electron chi connectivity index (χ0n) is 22.5. The largest absolute Gasteiger partial charge is 0.0912 e. The van der Waals surface area contributed by atoms with E-state index in [-0.39, 0.29) is 0 Å². The molecule has 0 atom stereocenters. The van der Waals surface area contributed by atoms with Crippen molar-refractivity contribution in [3.05, 3.63) is 33.1 Å². The summed E-state index contributed by atoms with van der Waals surface area (Å²) in [6.07, 6.45) is 35.4. The predicted octanol–water partition coefficient (Wildman–Crippen LogP) is 12.1. The number of allylic oxidation sites excluding steroid dienone is 4. The third kappa shape index (κ3) is 13.9. The highest BCUT2D eigenvalue weighted by atomic mass is 32.1. The Morgan fingerprint density at radius 1 is 0.441 bits per heavy atom. The minimum atomic E-state index is 1.20. The van der Waals surface area contributed by atoms with E-state index in [0.29, 0.717) is 0 Å². The molecule has 0 nitrogen and oxygen atoms in total. The fourth-order valence-corrected chi connectivity index (χ4v) is 6.55. The molecule has 34 heavy (non-hydrogen) atoms. The summed E-state index contributed by atoms with van der Waals surface area (Å²) < 4.78 is 0. The summed E-state index contributed by atoms with van der Waals surface area (Å²) in [5, 5.41) is 7.13. The van der Waals surface area contributed by atoms with Gasteiger partial charge in [-0.15, -0.1) is 0 Å². The lowest BCUT2D eigenvalue weighted by molar-refractivity contribution is 0.557. The van der Waals surface area contributed by atoms with Crippen LogP contribution in [0.2, 0.25) is 0 Å². The second-order valence-electron chi connectivity index (χ2n) is 10.3. The third-order valence-corrected chi connectivity index (χ3v) is 9.01. The van der Waals surface area contributed by atoms with Crippen LogP contribution in [0.3, 0.4) is 0 Å². The van der Waals surface area contributed by atoms with Crippen LogP contribution in [0.4, 0.5) is 0 Å². The van der Waals surface area contributed by atoms with E-state index in [0.717, 1.165) is 0 Å². The van der Waals surface area contributed by atoms with Gasteiger partial charge in [0.2, 0.25) is 0 Å². The first-order valence-electron chi connectivity index (χ1n) is 14.8. The van der Waals surface area contributed by atoms with Gasteiger partial charge < -0.3 is 0 Å². The first-order valence-corrected chi connectivity index (χ1v) is 16.5. The first-order chi connectivity index (χ1) is 16.8. The Bertz CT molecular complexity index is 709. The number of unbranched alkanes of at least 4 members (excludes halogenated alkanes) is 18. The van der Waals surface area contributed by atoms with E-state index < -0.39 is 0 Å². The second-order valence-corrected chi connectivity index (χ2v) is 12.0. The lowest BCUT2D eigenvalue weighted by Gasteiger charge is -2.02. The van der Waals surface area contributed by atoms with Gasteiger partial charge in [0.25, 0.3) is 0 Å². The lowest BCUT2D eigenvalue weighted by Crippen LogP contribution is -1.84. The van der Waals surface area contributed by atoms with E-state index in [2.05, 4.69) is 36.4 Å². The van der Waals surface area contributed by atoms with E-state index >= 15 is 0 Å². The summed E-state index contributed by atoms with van der Waals surface area (Å²) in [7, 11) is 0. The molecule has 2 aliphatic rings. The molecule has 0 N–H and O–H groups in total. The van der Waals surface area contributed by atoms with Crippen LogP contribution in [0.15, 0.2) is 33.1 Å². The number of rotatable bonds is 22. The highest BCUT2D eigenvalue weighted by Gasteiger charge is 2.10. The van der Waals surface area contributed by atoms with Crippen molar-refractivity contribution < 1.29 is 0 Å². The van der Waals surface area contributed by atoms with Crippen LogP contribution in [-0.2, 0) is 0 Å². The van der Waals surface area contributed by atoms with E-state index in [1.807, 2.05) is 0 Å². The van der Waals surface area contributed by atoms with Gasteiger partial charge in [0.1, 0.15) is 0 Å². The summed E-state index contributed by atoms with van der Waals surface area (Å²) in [5.74, 6) is 0. The average molecular weight is 501 g/mol. The predicted molar refractivity (Wildman–Crippen MR) is 159 cm³/mol. The monoisotopic (exact) mass is 500 g/mol. The molecular weight excluding hydrogens is 448 g/mol. The maximum atomic E-state index is 3.57. The highest BCUT2D eigenvalue weighted by molar-refractivity contribution is 7.97. The summed E-state index contributed by atoms with van der Waals surface area (Å²) in [5.41, 5.74) is 2.84. The zero-order valence-corrected chi connectivity index (χ0v) is 24.2. The molecular formula is C32H52S2. The minimum Gasteiger partial charge on any atom is -0.0912 e. The number of hydrogen-bond acceptors (Lipinski definition) is 0. The molecule has 2 aliphatic heterocycles. The Labute approximate surface area is 220 Å². The van der Waals surface area contributed by atoms with E-state index in [4.69, 9.17) is 0 Å². The van der Waals surface area contributed by atoms with Crippen LogP contribution in [0.5, 0.6) is 0 Å². The van der Waals surface area contributed by atoms with Crippen LogP contribution in [0, 0.1) is 10.4 Å². The quantitative estimate of drug-likeness (QED) is 0.130. The third-order valence-electron chi connectivity index (χ3n) is 7.04. The normalized spacial score (nSPS) is 16.6. The van der Waals surface area contributed by atoms with Crippen molar-refractivity contribution in [2.75, 3.05) is 0 Å². The van der Waals surface area contributed by atoms with Gasteiger partial charge in [0.05, 0.1) is 9.81 Å². The highest BCUT2D eigenvalue weighted by Crippen LogP contribution is 2.32. The van der Waals surface area contributed by atoms with E-state index in [1.165, 1.54) is 162 Å².